The highest BCUT2D eigenvalue weighted by Crippen LogP contribution is 2.27. The van der Waals surface area contributed by atoms with Crippen molar-refractivity contribution >= 4 is 5.97 Å². The Labute approximate surface area is 104 Å². The molecule has 2 heteroatoms. The average molecular weight is 234 g/mol. The van der Waals surface area contributed by atoms with Gasteiger partial charge >= 0.3 is 5.97 Å². The lowest BCUT2D eigenvalue weighted by molar-refractivity contribution is -0.146. The van der Waals surface area contributed by atoms with Gasteiger partial charge in [0, 0.05) is 5.57 Å². The SMILES string of the molecule is CC1=CC=C(C(=O)OC2CCC(C)CC2)CC1. The first-order valence-corrected chi connectivity index (χ1v) is 6.72. The first kappa shape index (κ1) is 12.4. The maximum atomic E-state index is 11.9. The Kier molecular flexibility index (Phi) is 4.03. The Balaban J connectivity index is 1.85. The summed E-state index contributed by atoms with van der Waals surface area (Å²) < 4.78 is 5.58. The van der Waals surface area contributed by atoms with Crippen LogP contribution in [0.3, 0.4) is 0 Å². The summed E-state index contributed by atoms with van der Waals surface area (Å²) in [5.41, 5.74) is 2.18. The minimum absolute atomic E-state index is 0.0895. The molecule has 0 N–H and O–H groups in total. The number of hydrogen-bond acceptors (Lipinski definition) is 2. The predicted octanol–water partition coefficient (Wildman–Crippen LogP) is 3.77. The van der Waals surface area contributed by atoms with Crippen molar-refractivity contribution in [2.45, 2.75) is 58.5 Å². The highest BCUT2D eigenvalue weighted by atomic mass is 16.5. The summed E-state index contributed by atoms with van der Waals surface area (Å²) >= 11 is 0. The third-order valence-electron chi connectivity index (χ3n) is 3.86. The molecule has 0 unspecified atom stereocenters. The number of rotatable bonds is 2. The van der Waals surface area contributed by atoms with Crippen LogP contribution in [0.2, 0.25) is 0 Å². The van der Waals surface area contributed by atoms with E-state index in [-0.39, 0.29) is 12.1 Å². The van der Waals surface area contributed by atoms with Gasteiger partial charge in [0.2, 0.25) is 0 Å². The molecule has 94 valence electrons. The van der Waals surface area contributed by atoms with E-state index in [1.807, 2.05) is 12.2 Å². The second-order valence-electron chi connectivity index (χ2n) is 5.49. The maximum Gasteiger partial charge on any atom is 0.334 e. The molecule has 0 bridgehead atoms. The molecule has 0 radical (unpaired) electrons. The Morgan fingerprint density at radius 2 is 1.88 bits per heavy atom. The normalized spacial score (nSPS) is 29.3. The molecule has 0 aliphatic heterocycles. The van der Waals surface area contributed by atoms with E-state index in [1.54, 1.807) is 0 Å². The van der Waals surface area contributed by atoms with Gasteiger partial charge in [-0.3, -0.25) is 0 Å². The van der Waals surface area contributed by atoms with Gasteiger partial charge in [-0.15, -0.1) is 0 Å². The van der Waals surface area contributed by atoms with Gasteiger partial charge in [0.05, 0.1) is 0 Å². The first-order valence-electron chi connectivity index (χ1n) is 6.72. The number of esters is 1. The molecule has 0 aromatic rings. The van der Waals surface area contributed by atoms with Crippen LogP contribution in [0.4, 0.5) is 0 Å². The third kappa shape index (κ3) is 3.45. The van der Waals surface area contributed by atoms with Gasteiger partial charge in [-0.25, -0.2) is 4.79 Å². The van der Waals surface area contributed by atoms with Crippen molar-refractivity contribution in [2.75, 3.05) is 0 Å². The van der Waals surface area contributed by atoms with Crippen LogP contribution >= 0.6 is 0 Å². The minimum Gasteiger partial charge on any atom is -0.459 e. The number of carbonyl (C=O) groups is 1. The lowest BCUT2D eigenvalue weighted by atomic mass is 9.89. The quantitative estimate of drug-likeness (QED) is 0.680. The van der Waals surface area contributed by atoms with Gasteiger partial charge in [0.25, 0.3) is 0 Å². The summed E-state index contributed by atoms with van der Waals surface area (Å²) in [7, 11) is 0. The maximum absolute atomic E-state index is 11.9. The Hall–Kier alpha value is -1.05. The zero-order valence-electron chi connectivity index (χ0n) is 10.9. The summed E-state index contributed by atoms with van der Waals surface area (Å²) in [6, 6.07) is 0. The van der Waals surface area contributed by atoms with E-state index < -0.39 is 0 Å². The monoisotopic (exact) mass is 234 g/mol. The molecular formula is C15H22O2. The minimum atomic E-state index is -0.0895. The van der Waals surface area contributed by atoms with Gasteiger partial charge < -0.3 is 4.74 Å². The zero-order chi connectivity index (χ0) is 12.3. The van der Waals surface area contributed by atoms with Gasteiger partial charge in [0.15, 0.2) is 0 Å². The highest BCUT2D eigenvalue weighted by molar-refractivity contribution is 5.89. The molecule has 2 aliphatic carbocycles. The molecule has 2 rings (SSSR count). The molecule has 2 nitrogen and oxygen atoms in total. The van der Waals surface area contributed by atoms with Crippen LogP contribution in [-0.2, 0) is 9.53 Å². The molecule has 0 aromatic carbocycles. The fraction of sp³-hybridized carbons (Fsp3) is 0.667. The summed E-state index contributed by atoms with van der Waals surface area (Å²) in [4.78, 5) is 11.9. The summed E-state index contributed by atoms with van der Waals surface area (Å²) in [5, 5.41) is 0. The number of hydrogen-bond donors (Lipinski definition) is 0. The molecule has 0 aromatic heterocycles. The van der Waals surface area contributed by atoms with Gasteiger partial charge in [-0.05, 0) is 51.4 Å². The smallest absolute Gasteiger partial charge is 0.334 e. The first-order chi connectivity index (χ1) is 8.15. The average Bonchev–Trinajstić information content (AvgIpc) is 2.33. The van der Waals surface area contributed by atoms with Gasteiger partial charge in [0.1, 0.15) is 6.10 Å². The van der Waals surface area contributed by atoms with Crippen LogP contribution in [0.25, 0.3) is 0 Å². The van der Waals surface area contributed by atoms with Crippen molar-refractivity contribution in [1.82, 2.24) is 0 Å². The van der Waals surface area contributed by atoms with Crippen LogP contribution in [-0.4, -0.2) is 12.1 Å². The molecular weight excluding hydrogens is 212 g/mol. The second kappa shape index (κ2) is 5.52. The highest BCUT2D eigenvalue weighted by Gasteiger charge is 2.23. The molecule has 0 amide bonds. The van der Waals surface area contributed by atoms with Crippen molar-refractivity contribution in [1.29, 1.82) is 0 Å². The van der Waals surface area contributed by atoms with Crippen molar-refractivity contribution in [3.63, 3.8) is 0 Å². The van der Waals surface area contributed by atoms with Gasteiger partial charge in [-0.1, -0.05) is 24.6 Å². The van der Waals surface area contributed by atoms with Gasteiger partial charge in [-0.2, -0.15) is 0 Å². The summed E-state index contributed by atoms with van der Waals surface area (Å²) in [5.74, 6) is 0.706. The Morgan fingerprint density at radius 1 is 1.18 bits per heavy atom. The summed E-state index contributed by atoms with van der Waals surface area (Å²) in [6.07, 6.45) is 10.4. The molecule has 0 atom stereocenters. The van der Waals surface area contributed by atoms with Crippen molar-refractivity contribution < 1.29 is 9.53 Å². The third-order valence-corrected chi connectivity index (χ3v) is 3.86. The molecule has 0 heterocycles. The fourth-order valence-electron chi connectivity index (χ4n) is 2.49. The molecule has 0 spiro atoms. The van der Waals surface area contributed by atoms with Crippen LogP contribution < -0.4 is 0 Å². The molecule has 17 heavy (non-hydrogen) atoms. The fourth-order valence-corrected chi connectivity index (χ4v) is 2.49. The zero-order valence-corrected chi connectivity index (χ0v) is 10.9. The second-order valence-corrected chi connectivity index (χ2v) is 5.49. The van der Waals surface area contributed by atoms with Crippen LogP contribution in [0, 0.1) is 5.92 Å². The summed E-state index contributed by atoms with van der Waals surface area (Å²) in [6.45, 7) is 4.37. The van der Waals surface area contributed by atoms with E-state index in [2.05, 4.69) is 13.8 Å². The van der Waals surface area contributed by atoms with E-state index in [1.165, 1.54) is 18.4 Å². The van der Waals surface area contributed by atoms with E-state index in [4.69, 9.17) is 4.74 Å². The molecule has 1 fully saturated rings. The number of allylic oxidation sites excluding steroid dienone is 3. The van der Waals surface area contributed by atoms with Crippen molar-refractivity contribution in [3.8, 4) is 0 Å². The Bertz CT molecular complexity index is 344. The number of ether oxygens (including phenoxy) is 1. The van der Waals surface area contributed by atoms with Crippen molar-refractivity contribution in [2.24, 2.45) is 5.92 Å². The molecule has 0 saturated heterocycles. The van der Waals surface area contributed by atoms with E-state index in [0.717, 1.165) is 37.2 Å². The van der Waals surface area contributed by atoms with E-state index >= 15 is 0 Å². The van der Waals surface area contributed by atoms with E-state index in [0.29, 0.717) is 0 Å². The standard InChI is InChI=1S/C15H22O2/c1-11-3-7-13(8-4-11)15(16)17-14-9-5-12(2)6-10-14/h3,7,12,14H,4-6,8-10H2,1-2H3. The van der Waals surface area contributed by atoms with E-state index in [9.17, 15) is 4.79 Å². The van der Waals surface area contributed by atoms with Crippen LogP contribution in [0.5, 0.6) is 0 Å². The molecule has 2 aliphatic rings. The topological polar surface area (TPSA) is 26.3 Å². The Morgan fingerprint density at radius 3 is 2.47 bits per heavy atom. The lowest BCUT2D eigenvalue weighted by Gasteiger charge is -2.26. The predicted molar refractivity (Wildman–Crippen MR) is 68.6 cm³/mol. The lowest BCUT2D eigenvalue weighted by Crippen LogP contribution is -2.24. The largest absolute Gasteiger partial charge is 0.459 e. The molecule has 1 saturated carbocycles. The number of carbonyl (C=O) groups excluding carboxylic acids is 1. The van der Waals surface area contributed by atoms with Crippen LogP contribution in [0.15, 0.2) is 23.3 Å². The van der Waals surface area contributed by atoms with Crippen LogP contribution in [0.1, 0.15) is 52.4 Å². The van der Waals surface area contributed by atoms with Crippen molar-refractivity contribution in [3.05, 3.63) is 23.3 Å².